The van der Waals surface area contributed by atoms with Crippen LogP contribution in [0.2, 0.25) is 0 Å². The van der Waals surface area contributed by atoms with Gasteiger partial charge in [-0.1, -0.05) is 15.9 Å². The van der Waals surface area contributed by atoms with Gasteiger partial charge in [0.25, 0.3) is 0 Å². The number of carbonyl (C=O) groups is 1. The van der Waals surface area contributed by atoms with E-state index >= 15 is 0 Å². The van der Waals surface area contributed by atoms with Crippen molar-refractivity contribution < 1.29 is 4.79 Å². The molecule has 4 nitrogen and oxygen atoms in total. The summed E-state index contributed by atoms with van der Waals surface area (Å²) in [6.45, 7) is 1.72. The number of anilines is 1. The molecule has 0 aliphatic heterocycles. The van der Waals surface area contributed by atoms with Gasteiger partial charge in [-0.3, -0.25) is 4.79 Å². The Labute approximate surface area is 90.1 Å². The molecule has 0 radical (unpaired) electrons. The number of pyridine rings is 1. The van der Waals surface area contributed by atoms with Crippen molar-refractivity contribution >= 4 is 27.7 Å². The maximum atomic E-state index is 11.2. The largest absolute Gasteiger partial charge is 0.310 e. The second-order valence-electron chi connectivity index (χ2n) is 2.65. The van der Waals surface area contributed by atoms with Crippen LogP contribution in [0, 0.1) is 11.3 Å². The summed E-state index contributed by atoms with van der Waals surface area (Å²) in [5.74, 6) is 0.280. The summed E-state index contributed by atoms with van der Waals surface area (Å²) < 4.78 is 0. The first kappa shape index (κ1) is 10.7. The van der Waals surface area contributed by atoms with Gasteiger partial charge >= 0.3 is 0 Å². The predicted octanol–water partition coefficient (Wildman–Crippen LogP) is 1.68. The fraction of sp³-hybridized carbons (Fsp3) is 0.222. The van der Waals surface area contributed by atoms with Crippen LogP contribution in [-0.2, 0) is 4.79 Å². The first-order chi connectivity index (χ1) is 6.63. The number of nitrogens with one attached hydrogen (secondary N) is 1. The summed E-state index contributed by atoms with van der Waals surface area (Å²) in [6.07, 6.45) is 1.41. The molecule has 0 aromatic carbocycles. The van der Waals surface area contributed by atoms with Crippen molar-refractivity contribution in [3.05, 3.63) is 23.9 Å². The van der Waals surface area contributed by atoms with Gasteiger partial charge in [-0.15, -0.1) is 0 Å². The SMILES string of the molecule is CC(Br)C(=O)Nc1ccc(C#N)cn1. The Bertz CT molecular complexity index is 367. The van der Waals surface area contributed by atoms with Gasteiger partial charge < -0.3 is 5.32 Å². The second kappa shape index (κ2) is 4.72. The number of aromatic nitrogens is 1. The van der Waals surface area contributed by atoms with Crippen LogP contribution in [0.5, 0.6) is 0 Å². The molecule has 72 valence electrons. The molecule has 1 aromatic rings. The molecule has 1 heterocycles. The molecule has 0 bridgehead atoms. The fourth-order valence-electron chi connectivity index (χ4n) is 0.760. The fourth-order valence-corrected chi connectivity index (χ4v) is 0.874. The second-order valence-corrected chi connectivity index (χ2v) is 4.02. The molecule has 1 rings (SSSR count). The number of alkyl halides is 1. The maximum Gasteiger partial charge on any atom is 0.239 e. The summed E-state index contributed by atoms with van der Waals surface area (Å²) in [6, 6.07) is 5.13. The molecular formula is C9H8BrN3O. The van der Waals surface area contributed by atoms with Crippen molar-refractivity contribution in [2.75, 3.05) is 5.32 Å². The summed E-state index contributed by atoms with van der Waals surface area (Å²) in [4.78, 5) is 14.8. The van der Waals surface area contributed by atoms with E-state index in [2.05, 4.69) is 26.2 Å². The minimum atomic E-state index is -0.264. The van der Waals surface area contributed by atoms with Gasteiger partial charge in [0.05, 0.1) is 10.4 Å². The van der Waals surface area contributed by atoms with E-state index in [1.807, 2.05) is 6.07 Å². The molecule has 0 saturated carbocycles. The Morgan fingerprint density at radius 3 is 2.86 bits per heavy atom. The van der Waals surface area contributed by atoms with Gasteiger partial charge in [0, 0.05) is 6.20 Å². The Morgan fingerprint density at radius 2 is 2.43 bits per heavy atom. The highest BCUT2D eigenvalue weighted by molar-refractivity contribution is 9.10. The number of hydrogen-bond acceptors (Lipinski definition) is 3. The van der Waals surface area contributed by atoms with Crippen LogP contribution in [0.15, 0.2) is 18.3 Å². The van der Waals surface area contributed by atoms with Crippen LogP contribution in [0.4, 0.5) is 5.82 Å². The first-order valence-corrected chi connectivity index (χ1v) is 4.86. The van der Waals surface area contributed by atoms with E-state index in [9.17, 15) is 4.79 Å². The molecule has 1 unspecified atom stereocenters. The third-order valence-electron chi connectivity index (χ3n) is 1.51. The van der Waals surface area contributed by atoms with Crippen LogP contribution < -0.4 is 5.32 Å². The van der Waals surface area contributed by atoms with Gasteiger partial charge in [-0.05, 0) is 19.1 Å². The van der Waals surface area contributed by atoms with Gasteiger partial charge in [-0.25, -0.2) is 4.98 Å². The van der Waals surface area contributed by atoms with Crippen LogP contribution >= 0.6 is 15.9 Å². The normalized spacial score (nSPS) is 11.5. The van der Waals surface area contributed by atoms with E-state index in [4.69, 9.17) is 5.26 Å². The molecular weight excluding hydrogens is 246 g/mol. The summed E-state index contributed by atoms with van der Waals surface area (Å²) in [7, 11) is 0. The van der Waals surface area contributed by atoms with Crippen LogP contribution in [0.25, 0.3) is 0 Å². The lowest BCUT2D eigenvalue weighted by Crippen LogP contribution is -2.20. The Morgan fingerprint density at radius 1 is 1.71 bits per heavy atom. The third-order valence-corrected chi connectivity index (χ3v) is 1.92. The van der Waals surface area contributed by atoms with Crippen molar-refractivity contribution in [2.24, 2.45) is 0 Å². The molecule has 0 spiro atoms. The topological polar surface area (TPSA) is 65.8 Å². The number of halogens is 1. The highest BCUT2D eigenvalue weighted by atomic mass is 79.9. The van der Waals surface area contributed by atoms with Crippen molar-refractivity contribution in [3.8, 4) is 6.07 Å². The van der Waals surface area contributed by atoms with E-state index in [-0.39, 0.29) is 10.7 Å². The van der Waals surface area contributed by atoms with Crippen LogP contribution in [0.1, 0.15) is 12.5 Å². The Balaban J connectivity index is 2.70. The molecule has 1 aromatic heterocycles. The molecule has 1 amide bonds. The first-order valence-electron chi connectivity index (χ1n) is 3.94. The van der Waals surface area contributed by atoms with E-state index < -0.39 is 0 Å². The monoisotopic (exact) mass is 253 g/mol. The molecule has 0 aliphatic carbocycles. The number of nitriles is 1. The summed E-state index contributed by atoms with van der Waals surface area (Å²) in [5, 5.41) is 11.1. The standard InChI is InChI=1S/C9H8BrN3O/c1-6(10)9(14)13-8-3-2-7(4-11)5-12-8/h2-3,5-6H,1H3,(H,12,13,14). The lowest BCUT2D eigenvalue weighted by atomic mass is 10.3. The van der Waals surface area contributed by atoms with Gasteiger partial charge in [0.1, 0.15) is 11.9 Å². The van der Waals surface area contributed by atoms with E-state index in [1.165, 1.54) is 6.20 Å². The summed E-state index contributed by atoms with van der Waals surface area (Å²) >= 11 is 3.13. The highest BCUT2D eigenvalue weighted by Gasteiger charge is 2.08. The van der Waals surface area contributed by atoms with Crippen LogP contribution in [-0.4, -0.2) is 15.7 Å². The van der Waals surface area contributed by atoms with Crippen molar-refractivity contribution in [2.45, 2.75) is 11.8 Å². The molecule has 0 fully saturated rings. The number of carbonyl (C=O) groups excluding carboxylic acids is 1. The number of hydrogen-bond donors (Lipinski definition) is 1. The van der Waals surface area contributed by atoms with Gasteiger partial charge in [0.2, 0.25) is 5.91 Å². The number of nitrogens with zero attached hydrogens (tertiary/aromatic N) is 2. The maximum absolute atomic E-state index is 11.2. The Hall–Kier alpha value is -1.41. The zero-order valence-electron chi connectivity index (χ0n) is 7.49. The molecule has 1 N–H and O–H groups in total. The molecule has 0 aliphatic rings. The molecule has 14 heavy (non-hydrogen) atoms. The van der Waals surface area contributed by atoms with Gasteiger partial charge in [-0.2, -0.15) is 5.26 Å². The smallest absolute Gasteiger partial charge is 0.239 e. The average Bonchev–Trinajstić information content (AvgIpc) is 2.19. The summed E-state index contributed by atoms with van der Waals surface area (Å²) in [5.41, 5.74) is 0.467. The number of rotatable bonds is 2. The van der Waals surface area contributed by atoms with Crippen LogP contribution in [0.3, 0.4) is 0 Å². The molecule has 1 atom stereocenters. The minimum Gasteiger partial charge on any atom is -0.310 e. The minimum absolute atomic E-state index is 0.165. The lowest BCUT2D eigenvalue weighted by Gasteiger charge is -2.04. The molecule has 0 saturated heterocycles. The van der Waals surface area contributed by atoms with Crippen molar-refractivity contribution in [1.82, 2.24) is 4.98 Å². The van der Waals surface area contributed by atoms with E-state index in [0.29, 0.717) is 11.4 Å². The molecule has 5 heteroatoms. The average molecular weight is 254 g/mol. The Kier molecular flexibility index (Phi) is 3.60. The van der Waals surface area contributed by atoms with E-state index in [0.717, 1.165) is 0 Å². The zero-order valence-corrected chi connectivity index (χ0v) is 9.08. The van der Waals surface area contributed by atoms with E-state index in [1.54, 1.807) is 19.1 Å². The predicted molar refractivity (Wildman–Crippen MR) is 56.0 cm³/mol. The highest BCUT2D eigenvalue weighted by Crippen LogP contribution is 2.06. The van der Waals surface area contributed by atoms with Crippen molar-refractivity contribution in [3.63, 3.8) is 0 Å². The van der Waals surface area contributed by atoms with Crippen molar-refractivity contribution in [1.29, 1.82) is 5.26 Å². The quantitative estimate of drug-likeness (QED) is 0.816. The third kappa shape index (κ3) is 2.82. The lowest BCUT2D eigenvalue weighted by molar-refractivity contribution is -0.115. The van der Waals surface area contributed by atoms with Gasteiger partial charge in [0.15, 0.2) is 0 Å². The number of amides is 1. The zero-order chi connectivity index (χ0) is 10.6.